The molecule has 0 aliphatic carbocycles. The van der Waals surface area contributed by atoms with Crippen LogP contribution in [0.25, 0.3) is 11.5 Å². The first-order valence-electron chi connectivity index (χ1n) is 9.13. The molecule has 0 fully saturated rings. The molecule has 3 aromatic heterocycles. The van der Waals surface area contributed by atoms with Crippen LogP contribution in [0.5, 0.6) is 5.88 Å². The van der Waals surface area contributed by atoms with Crippen molar-refractivity contribution in [2.75, 3.05) is 18.1 Å². The van der Waals surface area contributed by atoms with Crippen LogP contribution in [-0.4, -0.2) is 39.5 Å². The predicted molar refractivity (Wildman–Crippen MR) is 100 cm³/mol. The van der Waals surface area contributed by atoms with E-state index < -0.39 is 18.8 Å². The van der Waals surface area contributed by atoms with Gasteiger partial charge in [0.15, 0.2) is 12.4 Å². The molecule has 0 spiro atoms. The maximum absolute atomic E-state index is 14.0. The second kappa shape index (κ2) is 8.02. The van der Waals surface area contributed by atoms with Crippen molar-refractivity contribution in [2.24, 2.45) is 0 Å². The van der Waals surface area contributed by atoms with E-state index in [0.29, 0.717) is 30.3 Å². The molecule has 6 nitrogen and oxygen atoms in total. The average Bonchev–Trinajstić information content (AvgIpc) is 2.72. The molecule has 4 heterocycles. The van der Waals surface area contributed by atoms with Crippen molar-refractivity contribution in [1.82, 2.24) is 19.9 Å². The number of alkyl halides is 2. The highest BCUT2D eigenvalue weighted by Crippen LogP contribution is 2.33. The fraction of sp³-hybridized carbons (Fsp3) is 0.300. The second-order valence-corrected chi connectivity index (χ2v) is 6.61. The van der Waals surface area contributed by atoms with Crippen LogP contribution in [0.15, 0.2) is 42.7 Å². The summed E-state index contributed by atoms with van der Waals surface area (Å²) in [6, 6.07) is 7.63. The van der Waals surface area contributed by atoms with Crippen molar-refractivity contribution >= 4 is 5.82 Å². The van der Waals surface area contributed by atoms with E-state index in [1.165, 1.54) is 6.07 Å². The Balaban J connectivity index is 1.60. The smallest absolute Gasteiger partial charge is 0.272 e. The first-order valence-corrected chi connectivity index (χ1v) is 9.13. The van der Waals surface area contributed by atoms with Gasteiger partial charge in [-0.15, -0.1) is 0 Å². The van der Waals surface area contributed by atoms with Gasteiger partial charge in [0.2, 0.25) is 5.88 Å². The molecule has 0 aromatic carbocycles. The molecule has 0 amide bonds. The van der Waals surface area contributed by atoms with Gasteiger partial charge in [0.1, 0.15) is 17.3 Å². The van der Waals surface area contributed by atoms with E-state index >= 15 is 0 Å². The molecule has 0 radical (unpaired) electrons. The van der Waals surface area contributed by atoms with Gasteiger partial charge in [-0.05, 0) is 19.1 Å². The lowest BCUT2D eigenvalue weighted by atomic mass is 9.99. The first kappa shape index (κ1) is 19.1. The Morgan fingerprint density at radius 3 is 2.83 bits per heavy atom. The summed E-state index contributed by atoms with van der Waals surface area (Å²) in [5.41, 5.74) is 2.49. The fourth-order valence-corrected chi connectivity index (χ4v) is 3.32. The molecule has 29 heavy (non-hydrogen) atoms. The molecular formula is C20H18F3N5O. The molecule has 9 heteroatoms. The van der Waals surface area contributed by atoms with Gasteiger partial charge in [0.25, 0.3) is 6.43 Å². The summed E-state index contributed by atoms with van der Waals surface area (Å²) in [4.78, 5) is 19.4. The van der Waals surface area contributed by atoms with Crippen LogP contribution < -0.4 is 9.64 Å². The lowest BCUT2D eigenvalue weighted by molar-refractivity contribution is 0.0794. The molecule has 4 rings (SSSR count). The van der Waals surface area contributed by atoms with Crippen LogP contribution in [0.2, 0.25) is 0 Å². The SMILES string of the molecule is CC1c2cnc(-c3ccccn3)nc2CCN1c1cc(F)cc(OCC(F)F)n1. The number of hydrogen-bond donors (Lipinski definition) is 0. The molecule has 0 saturated heterocycles. The van der Waals surface area contributed by atoms with E-state index in [-0.39, 0.29) is 11.9 Å². The number of aromatic nitrogens is 4. The Bertz CT molecular complexity index is 1000. The zero-order valence-corrected chi connectivity index (χ0v) is 15.6. The number of rotatable bonds is 5. The summed E-state index contributed by atoms with van der Waals surface area (Å²) >= 11 is 0. The minimum atomic E-state index is -2.66. The summed E-state index contributed by atoms with van der Waals surface area (Å²) in [7, 11) is 0. The van der Waals surface area contributed by atoms with E-state index in [2.05, 4.69) is 19.9 Å². The third-order valence-electron chi connectivity index (χ3n) is 4.71. The number of hydrogen-bond acceptors (Lipinski definition) is 6. The van der Waals surface area contributed by atoms with Crippen LogP contribution in [0.1, 0.15) is 24.2 Å². The Labute approximate surface area is 165 Å². The summed E-state index contributed by atoms with van der Waals surface area (Å²) < 4.78 is 43.7. The Hall–Kier alpha value is -3.23. The zero-order chi connectivity index (χ0) is 20.4. The molecule has 1 unspecified atom stereocenters. The van der Waals surface area contributed by atoms with Crippen molar-refractivity contribution in [1.29, 1.82) is 0 Å². The number of ether oxygens (including phenoxy) is 1. The van der Waals surface area contributed by atoms with Gasteiger partial charge in [0.05, 0.1) is 11.7 Å². The highest BCUT2D eigenvalue weighted by Gasteiger charge is 2.27. The van der Waals surface area contributed by atoms with Gasteiger partial charge in [-0.1, -0.05) is 6.07 Å². The molecule has 0 bridgehead atoms. The Morgan fingerprint density at radius 1 is 1.21 bits per heavy atom. The van der Waals surface area contributed by atoms with E-state index in [1.807, 2.05) is 30.0 Å². The van der Waals surface area contributed by atoms with E-state index in [1.54, 1.807) is 12.4 Å². The van der Waals surface area contributed by atoms with Crippen LogP contribution in [0, 0.1) is 5.82 Å². The molecule has 3 aromatic rings. The van der Waals surface area contributed by atoms with Crippen molar-refractivity contribution in [3.63, 3.8) is 0 Å². The highest BCUT2D eigenvalue weighted by atomic mass is 19.3. The fourth-order valence-electron chi connectivity index (χ4n) is 3.32. The standard InChI is InChI=1S/C20H18F3N5O/c1-12-14-10-25-20(16-4-2-3-6-24-16)26-15(14)5-7-28(12)18-8-13(21)9-19(27-18)29-11-17(22)23/h2-4,6,8-10,12,17H,5,7,11H2,1H3. The molecule has 1 aliphatic heterocycles. The molecular weight excluding hydrogens is 383 g/mol. The maximum atomic E-state index is 14.0. The Morgan fingerprint density at radius 2 is 2.07 bits per heavy atom. The topological polar surface area (TPSA) is 64.0 Å². The monoisotopic (exact) mass is 401 g/mol. The van der Waals surface area contributed by atoms with Crippen molar-refractivity contribution < 1.29 is 17.9 Å². The summed E-state index contributed by atoms with van der Waals surface area (Å²) in [5.74, 6) is 0.108. The van der Waals surface area contributed by atoms with Gasteiger partial charge >= 0.3 is 0 Å². The first-order chi connectivity index (χ1) is 14.0. The predicted octanol–water partition coefficient (Wildman–Crippen LogP) is 3.84. The molecule has 1 aliphatic rings. The van der Waals surface area contributed by atoms with Crippen molar-refractivity contribution in [3.05, 3.63) is 59.8 Å². The van der Waals surface area contributed by atoms with Crippen LogP contribution in [0.3, 0.4) is 0 Å². The van der Waals surface area contributed by atoms with Crippen LogP contribution >= 0.6 is 0 Å². The normalized spacial score (nSPS) is 16.0. The van der Waals surface area contributed by atoms with Gasteiger partial charge in [-0.3, -0.25) is 4.98 Å². The summed E-state index contributed by atoms with van der Waals surface area (Å²) in [6.07, 6.45) is 1.38. The highest BCUT2D eigenvalue weighted by molar-refractivity contribution is 5.52. The lowest BCUT2D eigenvalue weighted by Crippen LogP contribution is -2.35. The van der Waals surface area contributed by atoms with Crippen LogP contribution in [0.4, 0.5) is 19.0 Å². The van der Waals surface area contributed by atoms with Gasteiger partial charge in [-0.2, -0.15) is 4.98 Å². The molecule has 1 atom stereocenters. The van der Waals surface area contributed by atoms with E-state index in [4.69, 9.17) is 4.74 Å². The van der Waals surface area contributed by atoms with E-state index in [0.717, 1.165) is 17.3 Å². The van der Waals surface area contributed by atoms with Gasteiger partial charge in [0, 0.05) is 43.1 Å². The molecule has 0 saturated carbocycles. The summed E-state index contributed by atoms with van der Waals surface area (Å²) in [6.45, 7) is 1.64. The average molecular weight is 401 g/mol. The summed E-state index contributed by atoms with van der Waals surface area (Å²) in [5, 5.41) is 0. The quantitative estimate of drug-likeness (QED) is 0.647. The number of halogens is 3. The number of fused-ring (bicyclic) bond motifs is 1. The zero-order valence-electron chi connectivity index (χ0n) is 15.6. The maximum Gasteiger partial charge on any atom is 0.272 e. The molecule has 150 valence electrons. The van der Waals surface area contributed by atoms with Gasteiger partial charge in [-0.25, -0.2) is 23.1 Å². The van der Waals surface area contributed by atoms with Crippen molar-refractivity contribution in [3.8, 4) is 17.4 Å². The second-order valence-electron chi connectivity index (χ2n) is 6.61. The Kier molecular flexibility index (Phi) is 5.28. The minimum Gasteiger partial charge on any atom is -0.471 e. The van der Waals surface area contributed by atoms with Crippen molar-refractivity contribution in [2.45, 2.75) is 25.8 Å². The largest absolute Gasteiger partial charge is 0.471 e. The third kappa shape index (κ3) is 4.13. The number of nitrogens with zero attached hydrogens (tertiary/aromatic N) is 5. The van der Waals surface area contributed by atoms with Gasteiger partial charge < -0.3 is 9.64 Å². The molecule has 0 N–H and O–H groups in total. The van der Waals surface area contributed by atoms with E-state index in [9.17, 15) is 13.2 Å². The lowest BCUT2D eigenvalue weighted by Gasteiger charge is -2.35. The minimum absolute atomic E-state index is 0.167. The number of pyridine rings is 2. The van der Waals surface area contributed by atoms with Crippen LogP contribution in [-0.2, 0) is 6.42 Å². The number of anilines is 1. The third-order valence-corrected chi connectivity index (χ3v) is 4.71.